The van der Waals surface area contributed by atoms with Crippen LogP contribution in [-0.2, 0) is 0 Å². The van der Waals surface area contributed by atoms with E-state index in [4.69, 9.17) is 23.2 Å². The Morgan fingerprint density at radius 1 is 1.00 bits per heavy atom. The maximum Gasteiger partial charge on any atom is 0.323 e. The summed E-state index contributed by atoms with van der Waals surface area (Å²) in [6, 6.07) is 10.8. The zero-order valence-electron chi connectivity index (χ0n) is 9.65. The van der Waals surface area contributed by atoms with Gasteiger partial charge in [-0.3, -0.25) is 0 Å². The van der Waals surface area contributed by atoms with E-state index in [0.717, 1.165) is 0 Å². The van der Waals surface area contributed by atoms with Crippen LogP contribution in [0.5, 0.6) is 5.75 Å². The third-order valence-electron chi connectivity index (χ3n) is 2.29. The molecule has 0 aliphatic rings. The number of phenolic OH excluding ortho intramolecular Hbond substituents is 1. The Hall–Kier alpha value is -1.91. The fraction of sp³-hybridized carbons (Fsp3) is 0. The van der Waals surface area contributed by atoms with Gasteiger partial charge in [0.2, 0.25) is 0 Å². The topological polar surface area (TPSA) is 61.4 Å². The third-order valence-corrected chi connectivity index (χ3v) is 2.84. The number of nitrogens with one attached hydrogen (secondary N) is 2. The van der Waals surface area contributed by atoms with Crippen LogP contribution in [0.2, 0.25) is 10.0 Å². The standard InChI is InChI=1S/C13H10Cl2N2O2/c14-8-2-1-3-9(6-8)16-13(19)17-10-4-5-11(15)12(18)7-10/h1-7,18H,(H2,16,17,19). The first-order chi connectivity index (χ1) is 9.04. The van der Waals surface area contributed by atoms with Crippen molar-refractivity contribution >= 4 is 40.6 Å². The number of amides is 2. The van der Waals surface area contributed by atoms with E-state index in [1.54, 1.807) is 30.3 Å². The second kappa shape index (κ2) is 5.82. The minimum absolute atomic E-state index is 0.0952. The van der Waals surface area contributed by atoms with Crippen LogP contribution in [0, 0.1) is 0 Å². The first-order valence-corrected chi connectivity index (χ1v) is 6.12. The number of halogens is 2. The lowest BCUT2D eigenvalue weighted by Crippen LogP contribution is -2.19. The highest BCUT2D eigenvalue weighted by molar-refractivity contribution is 6.32. The lowest BCUT2D eigenvalue weighted by Gasteiger charge is -2.08. The van der Waals surface area contributed by atoms with Crippen molar-refractivity contribution in [3.05, 3.63) is 52.5 Å². The quantitative estimate of drug-likeness (QED) is 0.772. The van der Waals surface area contributed by atoms with Crippen molar-refractivity contribution in [3.8, 4) is 5.75 Å². The molecule has 3 N–H and O–H groups in total. The van der Waals surface area contributed by atoms with E-state index in [9.17, 15) is 9.90 Å². The minimum Gasteiger partial charge on any atom is -0.506 e. The Morgan fingerprint density at radius 2 is 1.68 bits per heavy atom. The predicted molar refractivity (Wildman–Crippen MR) is 77.2 cm³/mol. The van der Waals surface area contributed by atoms with Crippen LogP contribution in [0.3, 0.4) is 0 Å². The van der Waals surface area contributed by atoms with Crippen LogP contribution in [0.1, 0.15) is 0 Å². The van der Waals surface area contributed by atoms with Crippen molar-refractivity contribution in [1.29, 1.82) is 0 Å². The number of carbonyl (C=O) groups is 1. The number of carbonyl (C=O) groups excluding carboxylic acids is 1. The minimum atomic E-state index is -0.441. The zero-order valence-corrected chi connectivity index (χ0v) is 11.2. The molecule has 2 amide bonds. The van der Waals surface area contributed by atoms with E-state index >= 15 is 0 Å². The first kappa shape index (κ1) is 13.5. The smallest absolute Gasteiger partial charge is 0.323 e. The highest BCUT2D eigenvalue weighted by Gasteiger charge is 2.05. The highest BCUT2D eigenvalue weighted by atomic mass is 35.5. The van der Waals surface area contributed by atoms with Crippen LogP contribution >= 0.6 is 23.2 Å². The Kier molecular flexibility index (Phi) is 4.14. The molecule has 0 spiro atoms. The molecule has 19 heavy (non-hydrogen) atoms. The molecule has 2 aromatic carbocycles. The maximum absolute atomic E-state index is 11.7. The van der Waals surface area contributed by atoms with Crippen molar-refractivity contribution in [2.75, 3.05) is 10.6 Å². The second-order valence-electron chi connectivity index (χ2n) is 3.76. The number of hydrogen-bond acceptors (Lipinski definition) is 2. The van der Waals surface area contributed by atoms with Crippen LogP contribution in [0.4, 0.5) is 16.2 Å². The van der Waals surface area contributed by atoms with Gasteiger partial charge in [0.25, 0.3) is 0 Å². The molecule has 2 rings (SSSR count). The van der Waals surface area contributed by atoms with Crippen molar-refractivity contribution in [2.45, 2.75) is 0 Å². The second-order valence-corrected chi connectivity index (χ2v) is 4.60. The van der Waals surface area contributed by atoms with Gasteiger partial charge in [-0.05, 0) is 30.3 Å². The average molecular weight is 297 g/mol. The van der Waals surface area contributed by atoms with E-state index in [-0.39, 0.29) is 10.8 Å². The Balaban J connectivity index is 2.03. The Labute approximate surface area is 120 Å². The predicted octanol–water partition coefficient (Wildman–Crippen LogP) is 4.34. The molecule has 2 aromatic rings. The summed E-state index contributed by atoms with van der Waals surface area (Å²) >= 11 is 11.5. The molecule has 0 radical (unpaired) electrons. The molecular formula is C13H10Cl2N2O2. The Bertz CT molecular complexity index is 617. The van der Waals surface area contributed by atoms with E-state index in [1.165, 1.54) is 12.1 Å². The van der Waals surface area contributed by atoms with Gasteiger partial charge in [-0.15, -0.1) is 0 Å². The fourth-order valence-corrected chi connectivity index (χ4v) is 1.76. The van der Waals surface area contributed by atoms with Crippen LogP contribution in [-0.4, -0.2) is 11.1 Å². The largest absolute Gasteiger partial charge is 0.506 e. The molecule has 0 aromatic heterocycles. The van der Waals surface area contributed by atoms with E-state index < -0.39 is 6.03 Å². The van der Waals surface area contributed by atoms with Crippen LogP contribution in [0.15, 0.2) is 42.5 Å². The number of benzene rings is 2. The van der Waals surface area contributed by atoms with Gasteiger partial charge in [0.05, 0.1) is 5.02 Å². The number of hydrogen-bond donors (Lipinski definition) is 3. The summed E-state index contributed by atoms with van der Waals surface area (Å²) < 4.78 is 0. The fourth-order valence-electron chi connectivity index (χ4n) is 1.45. The number of urea groups is 1. The number of phenols is 1. The maximum atomic E-state index is 11.7. The third kappa shape index (κ3) is 3.77. The molecule has 0 unspecified atom stereocenters. The normalized spacial score (nSPS) is 10.0. The SMILES string of the molecule is O=C(Nc1cccc(Cl)c1)Nc1ccc(Cl)c(O)c1. The molecule has 6 heteroatoms. The molecule has 0 fully saturated rings. The van der Waals surface area contributed by atoms with Crippen LogP contribution in [0.25, 0.3) is 0 Å². The molecule has 0 aliphatic heterocycles. The average Bonchev–Trinajstić information content (AvgIpc) is 2.34. The van der Waals surface area contributed by atoms with Gasteiger partial charge in [-0.2, -0.15) is 0 Å². The summed E-state index contributed by atoms with van der Waals surface area (Å²) in [6.45, 7) is 0. The van der Waals surface area contributed by atoms with E-state index in [2.05, 4.69) is 10.6 Å². The molecule has 0 saturated carbocycles. The van der Waals surface area contributed by atoms with Gasteiger partial charge in [-0.25, -0.2) is 4.79 Å². The summed E-state index contributed by atoms with van der Waals surface area (Å²) in [4.78, 5) is 11.7. The summed E-state index contributed by atoms with van der Waals surface area (Å²) in [6.07, 6.45) is 0. The molecule has 0 atom stereocenters. The van der Waals surface area contributed by atoms with Gasteiger partial charge in [0, 0.05) is 22.5 Å². The van der Waals surface area contributed by atoms with E-state index in [0.29, 0.717) is 16.4 Å². The molecular weight excluding hydrogens is 287 g/mol. The zero-order chi connectivity index (χ0) is 13.8. The summed E-state index contributed by atoms with van der Waals surface area (Å²) in [5.74, 6) is -0.0952. The van der Waals surface area contributed by atoms with Gasteiger partial charge in [-0.1, -0.05) is 29.3 Å². The lowest BCUT2D eigenvalue weighted by atomic mass is 10.3. The number of rotatable bonds is 2. The van der Waals surface area contributed by atoms with E-state index in [1.807, 2.05) is 0 Å². The van der Waals surface area contributed by atoms with Crippen molar-refractivity contribution in [3.63, 3.8) is 0 Å². The van der Waals surface area contributed by atoms with Gasteiger partial charge >= 0.3 is 6.03 Å². The van der Waals surface area contributed by atoms with Crippen LogP contribution < -0.4 is 10.6 Å². The summed E-state index contributed by atoms with van der Waals surface area (Å²) in [7, 11) is 0. The highest BCUT2D eigenvalue weighted by Crippen LogP contribution is 2.26. The Morgan fingerprint density at radius 3 is 2.32 bits per heavy atom. The number of aromatic hydroxyl groups is 1. The van der Waals surface area contributed by atoms with Crippen molar-refractivity contribution < 1.29 is 9.90 Å². The first-order valence-electron chi connectivity index (χ1n) is 5.37. The molecule has 4 nitrogen and oxygen atoms in total. The number of anilines is 2. The van der Waals surface area contributed by atoms with Crippen molar-refractivity contribution in [2.24, 2.45) is 0 Å². The van der Waals surface area contributed by atoms with Gasteiger partial charge in [0.15, 0.2) is 0 Å². The molecule has 0 bridgehead atoms. The molecule has 98 valence electrons. The molecule has 0 aliphatic carbocycles. The summed E-state index contributed by atoms with van der Waals surface area (Å²) in [5, 5.41) is 15.4. The van der Waals surface area contributed by atoms with Gasteiger partial charge < -0.3 is 15.7 Å². The monoisotopic (exact) mass is 296 g/mol. The molecule has 0 heterocycles. The molecule has 0 saturated heterocycles. The summed E-state index contributed by atoms with van der Waals surface area (Å²) in [5.41, 5.74) is 1.00. The van der Waals surface area contributed by atoms with Gasteiger partial charge in [0.1, 0.15) is 5.75 Å². The lowest BCUT2D eigenvalue weighted by molar-refractivity contribution is 0.262. The van der Waals surface area contributed by atoms with Crippen molar-refractivity contribution in [1.82, 2.24) is 0 Å².